The normalized spacial score (nSPS) is 15.8. The number of pyridine rings is 1. The molecular weight excluding hydrogens is 334 g/mol. The van der Waals surface area contributed by atoms with Gasteiger partial charge in [0.1, 0.15) is 10.7 Å². The molecule has 0 amide bonds. The van der Waals surface area contributed by atoms with Crippen LogP contribution >= 0.6 is 0 Å². The maximum Gasteiger partial charge on any atom is 0.251 e. The van der Waals surface area contributed by atoms with Crippen LogP contribution in [0.15, 0.2) is 47.3 Å². The summed E-state index contributed by atoms with van der Waals surface area (Å²) in [5, 5.41) is 0. The lowest BCUT2D eigenvalue weighted by atomic mass is 9.95. The zero-order valence-electron chi connectivity index (χ0n) is 14.3. The van der Waals surface area contributed by atoms with Crippen LogP contribution in [0.25, 0.3) is 5.57 Å². The third-order valence-electron chi connectivity index (χ3n) is 4.78. The lowest BCUT2D eigenvalue weighted by Crippen LogP contribution is -2.11. The third-order valence-corrected chi connectivity index (χ3v) is 5.40. The summed E-state index contributed by atoms with van der Waals surface area (Å²) in [6, 6.07) is 11.3. The average Bonchev–Trinajstić information content (AvgIpc) is 3.09. The van der Waals surface area contributed by atoms with E-state index in [1.165, 1.54) is 25.7 Å². The topological polar surface area (TPSA) is 67.0 Å². The highest BCUT2D eigenvalue weighted by Gasteiger charge is 2.16. The first kappa shape index (κ1) is 17.7. The van der Waals surface area contributed by atoms with Crippen molar-refractivity contribution < 1.29 is 8.42 Å². The molecule has 0 bridgehead atoms. The van der Waals surface area contributed by atoms with E-state index in [1.54, 1.807) is 6.92 Å². The molecule has 0 aliphatic heterocycles. The highest BCUT2D eigenvalue weighted by Crippen LogP contribution is 2.31. The van der Waals surface area contributed by atoms with Gasteiger partial charge in [-0.05, 0) is 42.9 Å². The van der Waals surface area contributed by atoms with Gasteiger partial charge in [0.25, 0.3) is 5.56 Å². The Bertz CT molecular complexity index is 893. The van der Waals surface area contributed by atoms with E-state index in [0.29, 0.717) is 11.5 Å². The Hall–Kier alpha value is -2.14. The van der Waals surface area contributed by atoms with Gasteiger partial charge in [-0.2, -0.15) is 0 Å². The second kappa shape index (κ2) is 7.83. The maximum atomic E-state index is 12.0. The molecule has 132 valence electrons. The molecule has 1 heterocycles. The quantitative estimate of drug-likeness (QED) is 0.806. The Morgan fingerprint density at radius 3 is 2.40 bits per heavy atom. The highest BCUT2D eigenvalue weighted by atomic mass is 32.2. The molecule has 0 unspecified atom stereocenters. The highest BCUT2D eigenvalue weighted by molar-refractivity contribution is 7.71. The standard InChI is InChI=1S/C20H23NO3S/c1-14-6-11-19(21-20(14)22)18(12-15-4-2-3-5-15)17-9-7-16(8-10-17)13-25(23)24/h6-12,15,25H,2-5,13H2,1H3,(H,21,22)/b18-12+. The molecule has 1 aliphatic rings. The molecule has 0 atom stereocenters. The minimum absolute atomic E-state index is 0.0542. The molecule has 5 heteroatoms. The lowest BCUT2D eigenvalue weighted by molar-refractivity contribution is 0.614. The molecule has 0 saturated heterocycles. The van der Waals surface area contributed by atoms with Crippen LogP contribution in [-0.2, 0) is 16.5 Å². The molecule has 1 fully saturated rings. The number of aryl methyl sites for hydroxylation is 1. The SMILES string of the molecule is Cc1ccc(/C(=C/C2CCCC2)c2ccc(C[SH](=O)=O)cc2)[nH]c1=O. The van der Waals surface area contributed by atoms with Gasteiger partial charge >= 0.3 is 0 Å². The Kier molecular flexibility index (Phi) is 5.53. The molecule has 0 radical (unpaired) electrons. The summed E-state index contributed by atoms with van der Waals surface area (Å²) in [5.74, 6) is 0.578. The largest absolute Gasteiger partial charge is 0.322 e. The van der Waals surface area contributed by atoms with Crippen molar-refractivity contribution in [1.29, 1.82) is 0 Å². The van der Waals surface area contributed by atoms with Gasteiger partial charge in [0, 0.05) is 16.8 Å². The zero-order valence-corrected chi connectivity index (χ0v) is 15.2. The number of aromatic amines is 1. The van der Waals surface area contributed by atoms with Gasteiger partial charge in [-0.15, -0.1) is 0 Å². The van der Waals surface area contributed by atoms with Crippen LogP contribution in [0.4, 0.5) is 0 Å². The van der Waals surface area contributed by atoms with E-state index in [4.69, 9.17) is 0 Å². The Balaban J connectivity index is 2.01. The Morgan fingerprint density at radius 2 is 1.80 bits per heavy atom. The average molecular weight is 357 g/mol. The number of hydrogen-bond donors (Lipinski definition) is 2. The fourth-order valence-electron chi connectivity index (χ4n) is 3.34. The van der Waals surface area contributed by atoms with Gasteiger partial charge in [0.15, 0.2) is 0 Å². The number of rotatable bonds is 5. The van der Waals surface area contributed by atoms with E-state index in [-0.39, 0.29) is 11.3 Å². The molecule has 0 spiro atoms. The van der Waals surface area contributed by atoms with Crippen LogP contribution in [0.1, 0.15) is 48.1 Å². The number of nitrogens with one attached hydrogen (secondary N) is 1. The smallest absolute Gasteiger partial charge is 0.251 e. The number of H-pyrrole nitrogens is 1. The third kappa shape index (κ3) is 4.48. The summed E-state index contributed by atoms with van der Waals surface area (Å²) in [5.41, 5.74) is 4.22. The molecule has 1 aliphatic carbocycles. The van der Waals surface area contributed by atoms with Crippen LogP contribution in [0.3, 0.4) is 0 Å². The van der Waals surface area contributed by atoms with E-state index < -0.39 is 10.7 Å². The summed E-state index contributed by atoms with van der Waals surface area (Å²) < 4.78 is 21.8. The van der Waals surface area contributed by atoms with Gasteiger partial charge in [-0.1, -0.05) is 49.2 Å². The summed E-state index contributed by atoms with van der Waals surface area (Å²) >= 11 is 0. The van der Waals surface area contributed by atoms with Gasteiger partial charge in [-0.3, -0.25) is 4.79 Å². The van der Waals surface area contributed by atoms with Crippen LogP contribution < -0.4 is 5.56 Å². The molecule has 1 aromatic carbocycles. The fourth-order valence-corrected chi connectivity index (χ4v) is 3.85. The molecule has 1 saturated carbocycles. The van der Waals surface area contributed by atoms with Gasteiger partial charge in [-0.25, -0.2) is 8.42 Å². The second-order valence-corrected chi connectivity index (χ2v) is 7.68. The van der Waals surface area contributed by atoms with Crippen molar-refractivity contribution in [2.75, 3.05) is 0 Å². The van der Waals surface area contributed by atoms with Crippen molar-refractivity contribution in [2.45, 2.75) is 38.4 Å². The molecule has 3 rings (SSSR count). The predicted molar refractivity (Wildman–Crippen MR) is 101 cm³/mol. The molecule has 1 N–H and O–H groups in total. The summed E-state index contributed by atoms with van der Waals surface area (Å²) in [7, 11) is -2.43. The minimum Gasteiger partial charge on any atom is -0.322 e. The van der Waals surface area contributed by atoms with Crippen molar-refractivity contribution in [3.05, 3.63) is 75.2 Å². The van der Waals surface area contributed by atoms with Crippen LogP contribution in [0.5, 0.6) is 0 Å². The van der Waals surface area contributed by atoms with Gasteiger partial charge in [0.2, 0.25) is 0 Å². The van der Waals surface area contributed by atoms with Crippen LogP contribution in [-0.4, -0.2) is 13.4 Å². The first-order valence-electron chi connectivity index (χ1n) is 8.66. The Labute approximate surface area is 149 Å². The molecule has 1 aromatic heterocycles. The number of hydrogen-bond acceptors (Lipinski definition) is 3. The van der Waals surface area contributed by atoms with Crippen LogP contribution in [0, 0.1) is 12.8 Å². The summed E-state index contributed by atoms with van der Waals surface area (Å²) in [6.07, 6.45) is 7.10. The number of allylic oxidation sites excluding steroid dienone is 1. The van der Waals surface area contributed by atoms with Gasteiger partial charge < -0.3 is 4.98 Å². The van der Waals surface area contributed by atoms with Crippen molar-refractivity contribution in [3.8, 4) is 0 Å². The zero-order chi connectivity index (χ0) is 17.8. The molecule has 4 nitrogen and oxygen atoms in total. The number of benzene rings is 1. The molecular formula is C20H23NO3S. The van der Waals surface area contributed by atoms with Crippen LogP contribution in [0.2, 0.25) is 0 Å². The lowest BCUT2D eigenvalue weighted by Gasteiger charge is -2.12. The van der Waals surface area contributed by atoms with E-state index >= 15 is 0 Å². The Morgan fingerprint density at radius 1 is 1.12 bits per heavy atom. The summed E-state index contributed by atoms with van der Waals surface area (Å²) in [6.45, 7) is 1.79. The van der Waals surface area contributed by atoms with Gasteiger partial charge in [0.05, 0.1) is 5.75 Å². The first-order valence-corrected chi connectivity index (χ1v) is 10.0. The second-order valence-electron chi connectivity index (χ2n) is 6.70. The number of aromatic nitrogens is 1. The van der Waals surface area contributed by atoms with E-state index in [0.717, 1.165) is 22.4 Å². The van der Waals surface area contributed by atoms with Crippen molar-refractivity contribution in [2.24, 2.45) is 5.92 Å². The fraction of sp³-hybridized carbons (Fsp3) is 0.350. The van der Waals surface area contributed by atoms with E-state index in [1.807, 2.05) is 36.4 Å². The van der Waals surface area contributed by atoms with E-state index in [2.05, 4.69) is 11.1 Å². The van der Waals surface area contributed by atoms with Crippen molar-refractivity contribution >= 4 is 16.3 Å². The predicted octanol–water partition coefficient (Wildman–Crippen LogP) is 3.42. The minimum atomic E-state index is -2.43. The summed E-state index contributed by atoms with van der Waals surface area (Å²) in [4.78, 5) is 15.0. The van der Waals surface area contributed by atoms with Crippen molar-refractivity contribution in [3.63, 3.8) is 0 Å². The maximum absolute atomic E-state index is 12.0. The molecule has 2 aromatic rings. The van der Waals surface area contributed by atoms with Crippen molar-refractivity contribution in [1.82, 2.24) is 4.98 Å². The molecule has 25 heavy (non-hydrogen) atoms. The first-order chi connectivity index (χ1) is 12.0. The monoisotopic (exact) mass is 357 g/mol. The van der Waals surface area contributed by atoms with E-state index in [9.17, 15) is 13.2 Å². The number of thiol groups is 1.